The molecule has 0 radical (unpaired) electrons. The molecule has 0 aliphatic heterocycles. The molecule has 0 bridgehead atoms. The first-order valence-corrected chi connectivity index (χ1v) is 8.93. The van der Waals surface area contributed by atoms with Crippen LogP contribution in [0.1, 0.15) is 18.5 Å². The first-order chi connectivity index (χ1) is 12.2. The summed E-state index contributed by atoms with van der Waals surface area (Å²) in [4.78, 5) is 19.0. The Kier molecular flexibility index (Phi) is 5.30. The normalized spacial score (nSPS) is 11.8. The fourth-order valence-electron chi connectivity index (χ4n) is 2.38. The molecule has 25 heavy (non-hydrogen) atoms. The van der Waals surface area contributed by atoms with Gasteiger partial charge < -0.3 is 10.6 Å². The number of aromatic nitrogens is 4. The summed E-state index contributed by atoms with van der Waals surface area (Å²) in [6.07, 6.45) is 6.75. The quantitative estimate of drug-likeness (QED) is 0.687. The molecular formula is C17H18N6OS. The van der Waals surface area contributed by atoms with Crippen molar-refractivity contribution in [3.8, 4) is 5.82 Å². The summed E-state index contributed by atoms with van der Waals surface area (Å²) in [5, 5.41) is 13.7. The molecule has 3 rings (SSSR count). The number of anilines is 1. The second kappa shape index (κ2) is 7.80. The topological polar surface area (TPSA) is 84.7 Å². The molecule has 0 saturated carbocycles. The van der Waals surface area contributed by atoms with Crippen LogP contribution in [0.15, 0.2) is 59.9 Å². The maximum Gasteiger partial charge on any atom is 0.319 e. The summed E-state index contributed by atoms with van der Waals surface area (Å²) in [6.45, 7) is 1.96. The van der Waals surface area contributed by atoms with E-state index in [2.05, 4.69) is 25.8 Å². The second-order valence-electron chi connectivity index (χ2n) is 5.29. The number of carbonyl (C=O) groups excluding carboxylic acids is 1. The lowest BCUT2D eigenvalue weighted by molar-refractivity contribution is 0.249. The number of rotatable bonds is 5. The first-order valence-electron chi connectivity index (χ1n) is 7.70. The third-order valence-electron chi connectivity index (χ3n) is 3.58. The predicted octanol–water partition coefficient (Wildman–Crippen LogP) is 3.27. The molecule has 128 valence electrons. The monoisotopic (exact) mass is 354 g/mol. The lowest BCUT2D eigenvalue weighted by atomic mass is 10.1. The van der Waals surface area contributed by atoms with Crippen LogP contribution >= 0.6 is 11.8 Å². The number of thioether (sulfide) groups is 1. The molecule has 0 unspecified atom stereocenters. The highest BCUT2D eigenvalue weighted by molar-refractivity contribution is 7.98. The Hall–Kier alpha value is -2.87. The third kappa shape index (κ3) is 4.16. The van der Waals surface area contributed by atoms with Crippen molar-refractivity contribution in [3.05, 3.63) is 60.6 Å². The van der Waals surface area contributed by atoms with Crippen LogP contribution in [-0.2, 0) is 0 Å². The molecule has 0 aliphatic carbocycles. The van der Waals surface area contributed by atoms with Gasteiger partial charge >= 0.3 is 6.03 Å². The Labute approximate surface area is 149 Å². The Bertz CT molecular complexity index is 835. The number of benzene rings is 1. The predicted molar refractivity (Wildman–Crippen MR) is 97.9 cm³/mol. The van der Waals surface area contributed by atoms with Gasteiger partial charge in [0.1, 0.15) is 0 Å². The Morgan fingerprint density at radius 2 is 1.92 bits per heavy atom. The van der Waals surface area contributed by atoms with Gasteiger partial charge in [0.2, 0.25) is 0 Å². The van der Waals surface area contributed by atoms with Crippen molar-refractivity contribution in [2.45, 2.75) is 17.9 Å². The minimum Gasteiger partial charge on any atom is -0.331 e. The van der Waals surface area contributed by atoms with Crippen molar-refractivity contribution >= 4 is 23.5 Å². The molecule has 8 heteroatoms. The molecule has 7 nitrogen and oxygen atoms in total. The van der Waals surface area contributed by atoms with E-state index in [9.17, 15) is 4.79 Å². The smallest absolute Gasteiger partial charge is 0.319 e. The van der Waals surface area contributed by atoms with E-state index in [0.717, 1.165) is 10.5 Å². The minimum absolute atomic E-state index is 0.107. The summed E-state index contributed by atoms with van der Waals surface area (Å²) in [7, 11) is 0. The Balaban J connectivity index is 1.62. The maximum absolute atomic E-state index is 12.2. The number of hydrogen-bond acceptors (Lipinski definition) is 5. The lowest BCUT2D eigenvalue weighted by Crippen LogP contribution is -2.31. The number of urea groups is 1. The largest absolute Gasteiger partial charge is 0.331 e. The van der Waals surface area contributed by atoms with Crippen molar-refractivity contribution in [2.75, 3.05) is 11.6 Å². The second-order valence-corrected chi connectivity index (χ2v) is 6.13. The van der Waals surface area contributed by atoms with Gasteiger partial charge in [0.15, 0.2) is 5.82 Å². The third-order valence-corrected chi connectivity index (χ3v) is 4.39. The van der Waals surface area contributed by atoms with Crippen molar-refractivity contribution in [1.82, 2.24) is 25.3 Å². The van der Waals surface area contributed by atoms with E-state index in [1.165, 1.54) is 4.80 Å². The summed E-state index contributed by atoms with van der Waals surface area (Å²) in [6, 6.07) is 11.1. The molecule has 2 aromatic heterocycles. The van der Waals surface area contributed by atoms with Gasteiger partial charge in [-0.1, -0.05) is 18.2 Å². The molecule has 0 fully saturated rings. The van der Waals surface area contributed by atoms with E-state index < -0.39 is 0 Å². The van der Waals surface area contributed by atoms with Crippen LogP contribution in [0.4, 0.5) is 10.5 Å². The van der Waals surface area contributed by atoms with Gasteiger partial charge in [-0.3, -0.25) is 0 Å². The first kappa shape index (κ1) is 17.0. The number of nitrogens with one attached hydrogen (secondary N) is 2. The van der Waals surface area contributed by atoms with Crippen LogP contribution in [0, 0.1) is 0 Å². The van der Waals surface area contributed by atoms with Crippen molar-refractivity contribution in [2.24, 2.45) is 0 Å². The number of nitrogens with zero attached hydrogens (tertiary/aromatic N) is 4. The fourth-order valence-corrected chi connectivity index (χ4v) is 3.07. The molecule has 2 amide bonds. The van der Waals surface area contributed by atoms with Crippen LogP contribution in [-0.4, -0.2) is 32.3 Å². The van der Waals surface area contributed by atoms with E-state index in [0.29, 0.717) is 11.5 Å². The van der Waals surface area contributed by atoms with E-state index >= 15 is 0 Å². The zero-order chi connectivity index (χ0) is 17.6. The zero-order valence-corrected chi connectivity index (χ0v) is 14.7. The summed E-state index contributed by atoms with van der Waals surface area (Å²) >= 11 is 1.66. The van der Waals surface area contributed by atoms with Crippen LogP contribution in [0.25, 0.3) is 5.82 Å². The van der Waals surface area contributed by atoms with E-state index in [4.69, 9.17) is 0 Å². The molecule has 1 aromatic carbocycles. The number of carbonyl (C=O) groups is 1. The minimum atomic E-state index is -0.282. The molecule has 0 saturated heterocycles. The summed E-state index contributed by atoms with van der Waals surface area (Å²) in [5.74, 6) is 0.582. The number of amides is 2. The van der Waals surface area contributed by atoms with Crippen LogP contribution in [0.2, 0.25) is 0 Å². The van der Waals surface area contributed by atoms with Gasteiger partial charge in [-0.05, 0) is 36.9 Å². The summed E-state index contributed by atoms with van der Waals surface area (Å²) in [5.41, 5.74) is 1.68. The fraction of sp³-hybridized carbons (Fsp3) is 0.176. The van der Waals surface area contributed by atoms with Gasteiger partial charge in [0, 0.05) is 4.90 Å². The molecule has 1 atom stereocenters. The maximum atomic E-state index is 12.2. The van der Waals surface area contributed by atoms with Crippen molar-refractivity contribution < 1.29 is 4.79 Å². The van der Waals surface area contributed by atoms with Crippen LogP contribution in [0.3, 0.4) is 0 Å². The van der Waals surface area contributed by atoms with E-state index in [1.807, 2.05) is 37.4 Å². The Morgan fingerprint density at radius 1 is 1.16 bits per heavy atom. The van der Waals surface area contributed by atoms with Crippen molar-refractivity contribution in [3.63, 3.8) is 0 Å². The van der Waals surface area contributed by atoms with Gasteiger partial charge in [0.05, 0.1) is 30.3 Å². The molecular weight excluding hydrogens is 336 g/mol. The highest BCUT2D eigenvalue weighted by Gasteiger charge is 2.13. The van der Waals surface area contributed by atoms with Gasteiger partial charge in [-0.25, -0.2) is 9.78 Å². The SMILES string of the molecule is CSc1ccccc1[C@@H](C)NC(=O)Nc1ccc(-n2nccn2)nc1. The zero-order valence-electron chi connectivity index (χ0n) is 13.9. The van der Waals surface area contributed by atoms with Gasteiger partial charge in [-0.2, -0.15) is 10.2 Å². The van der Waals surface area contributed by atoms with E-state index in [1.54, 1.807) is 42.5 Å². The molecule has 3 aromatic rings. The van der Waals surface area contributed by atoms with Crippen LogP contribution in [0.5, 0.6) is 0 Å². The van der Waals surface area contributed by atoms with Crippen molar-refractivity contribution in [1.29, 1.82) is 0 Å². The highest BCUT2D eigenvalue weighted by Crippen LogP contribution is 2.25. The average Bonchev–Trinajstić information content (AvgIpc) is 3.17. The number of hydrogen-bond donors (Lipinski definition) is 2. The standard InChI is InChI=1S/C17H18N6OS/c1-12(14-5-3-4-6-15(14)25-2)21-17(24)22-13-7-8-16(18-11-13)23-19-9-10-20-23/h3-12H,1-2H3,(H2,21,22,24)/t12-/m1/s1. The Morgan fingerprint density at radius 3 is 2.60 bits per heavy atom. The molecule has 0 spiro atoms. The summed E-state index contributed by atoms with van der Waals surface area (Å²) < 4.78 is 0. The van der Waals surface area contributed by atoms with Crippen LogP contribution < -0.4 is 10.6 Å². The highest BCUT2D eigenvalue weighted by atomic mass is 32.2. The van der Waals surface area contributed by atoms with Gasteiger partial charge in [0.25, 0.3) is 0 Å². The lowest BCUT2D eigenvalue weighted by Gasteiger charge is -2.17. The molecule has 0 aliphatic rings. The van der Waals surface area contributed by atoms with E-state index in [-0.39, 0.29) is 12.1 Å². The molecule has 2 N–H and O–H groups in total. The average molecular weight is 354 g/mol. The van der Waals surface area contributed by atoms with Gasteiger partial charge in [-0.15, -0.1) is 16.6 Å². The molecule has 2 heterocycles. The number of pyridine rings is 1.